The van der Waals surface area contributed by atoms with E-state index in [9.17, 15) is 4.79 Å². The van der Waals surface area contributed by atoms with E-state index < -0.39 is 0 Å². The number of hydrogen-bond donors (Lipinski definition) is 1. The molecule has 0 spiro atoms. The van der Waals surface area contributed by atoms with Crippen molar-refractivity contribution in [3.8, 4) is 0 Å². The Bertz CT molecular complexity index is 250. The fourth-order valence-corrected chi connectivity index (χ4v) is 1.52. The van der Waals surface area contributed by atoms with Gasteiger partial charge in [0, 0.05) is 39.3 Å². The van der Waals surface area contributed by atoms with E-state index in [4.69, 9.17) is 0 Å². The standard InChI is InChI=1S/C11H21N3O/c1-9(2)12-7-10(3)8-14-6-5-13(4)11(14)15/h9,12H,3,5-8H2,1-2,4H3. The summed E-state index contributed by atoms with van der Waals surface area (Å²) in [6, 6.07) is 0.569. The molecule has 1 N–H and O–H groups in total. The Morgan fingerprint density at radius 3 is 2.67 bits per heavy atom. The topological polar surface area (TPSA) is 35.6 Å². The number of nitrogens with one attached hydrogen (secondary N) is 1. The van der Waals surface area contributed by atoms with Crippen molar-refractivity contribution in [3.63, 3.8) is 0 Å². The number of urea groups is 1. The van der Waals surface area contributed by atoms with Crippen LogP contribution in [0.15, 0.2) is 12.2 Å². The Balaban J connectivity index is 2.29. The SMILES string of the molecule is C=C(CNC(C)C)CN1CCN(C)C1=O. The zero-order valence-electron chi connectivity index (χ0n) is 9.92. The Morgan fingerprint density at radius 2 is 2.20 bits per heavy atom. The second kappa shape index (κ2) is 5.16. The first-order valence-electron chi connectivity index (χ1n) is 5.40. The second-order valence-electron chi connectivity index (χ2n) is 4.41. The molecule has 0 aliphatic carbocycles. The molecular formula is C11H21N3O. The molecule has 86 valence electrons. The monoisotopic (exact) mass is 211 g/mol. The molecule has 0 bridgehead atoms. The molecule has 0 aromatic rings. The molecule has 1 heterocycles. The highest BCUT2D eigenvalue weighted by Gasteiger charge is 2.24. The summed E-state index contributed by atoms with van der Waals surface area (Å²) >= 11 is 0. The van der Waals surface area contributed by atoms with Crippen LogP contribution in [-0.4, -0.2) is 55.1 Å². The molecule has 0 atom stereocenters. The van der Waals surface area contributed by atoms with Crippen LogP contribution < -0.4 is 5.32 Å². The van der Waals surface area contributed by atoms with Crippen LogP contribution in [0.1, 0.15) is 13.8 Å². The minimum absolute atomic E-state index is 0.112. The first-order valence-corrected chi connectivity index (χ1v) is 5.40. The molecule has 1 fully saturated rings. The molecule has 15 heavy (non-hydrogen) atoms. The van der Waals surface area contributed by atoms with Gasteiger partial charge in [-0.1, -0.05) is 20.4 Å². The first kappa shape index (κ1) is 12.0. The molecule has 0 saturated carbocycles. The van der Waals surface area contributed by atoms with E-state index in [0.717, 1.165) is 25.2 Å². The van der Waals surface area contributed by atoms with Crippen LogP contribution in [-0.2, 0) is 0 Å². The van der Waals surface area contributed by atoms with E-state index in [2.05, 4.69) is 25.7 Å². The number of carbonyl (C=O) groups is 1. The van der Waals surface area contributed by atoms with Gasteiger partial charge in [-0.05, 0) is 5.57 Å². The number of likely N-dealkylation sites (N-methyl/N-ethyl adjacent to an activating group) is 1. The molecule has 0 radical (unpaired) electrons. The summed E-state index contributed by atoms with van der Waals surface area (Å²) in [5.41, 5.74) is 1.06. The molecule has 0 aromatic carbocycles. The summed E-state index contributed by atoms with van der Waals surface area (Å²) < 4.78 is 0. The molecule has 1 aliphatic rings. The number of rotatable bonds is 5. The maximum absolute atomic E-state index is 11.6. The summed E-state index contributed by atoms with van der Waals surface area (Å²) in [5.74, 6) is 0. The molecule has 1 aliphatic heterocycles. The fourth-order valence-electron chi connectivity index (χ4n) is 1.52. The van der Waals surface area contributed by atoms with Gasteiger partial charge in [-0.15, -0.1) is 0 Å². The van der Waals surface area contributed by atoms with Gasteiger partial charge in [-0.25, -0.2) is 4.79 Å². The lowest BCUT2D eigenvalue weighted by atomic mass is 10.2. The zero-order valence-corrected chi connectivity index (χ0v) is 9.92. The maximum atomic E-state index is 11.6. The normalized spacial score (nSPS) is 16.7. The average Bonchev–Trinajstić information content (AvgIpc) is 2.47. The van der Waals surface area contributed by atoms with E-state index in [1.54, 1.807) is 4.90 Å². The quantitative estimate of drug-likeness (QED) is 0.686. The van der Waals surface area contributed by atoms with Gasteiger partial charge in [0.15, 0.2) is 0 Å². The Kier molecular flexibility index (Phi) is 4.15. The van der Waals surface area contributed by atoms with Crippen molar-refractivity contribution in [1.82, 2.24) is 15.1 Å². The average molecular weight is 211 g/mol. The Morgan fingerprint density at radius 1 is 1.53 bits per heavy atom. The van der Waals surface area contributed by atoms with Crippen molar-refractivity contribution in [2.24, 2.45) is 0 Å². The molecule has 0 aromatic heterocycles. The number of carbonyl (C=O) groups excluding carboxylic acids is 1. The third kappa shape index (κ3) is 3.55. The van der Waals surface area contributed by atoms with Crippen LogP contribution in [0.25, 0.3) is 0 Å². The lowest BCUT2D eigenvalue weighted by Crippen LogP contribution is -2.34. The van der Waals surface area contributed by atoms with Gasteiger partial charge in [0.25, 0.3) is 0 Å². The van der Waals surface area contributed by atoms with Crippen LogP contribution >= 0.6 is 0 Å². The first-order chi connectivity index (χ1) is 7.00. The summed E-state index contributed by atoms with van der Waals surface area (Å²) in [6.07, 6.45) is 0. The fraction of sp³-hybridized carbons (Fsp3) is 0.727. The summed E-state index contributed by atoms with van der Waals surface area (Å²) in [5, 5.41) is 3.29. The smallest absolute Gasteiger partial charge is 0.320 e. The Hall–Kier alpha value is -1.03. The predicted molar refractivity (Wildman–Crippen MR) is 61.9 cm³/mol. The number of hydrogen-bond acceptors (Lipinski definition) is 2. The predicted octanol–water partition coefficient (Wildman–Crippen LogP) is 0.908. The van der Waals surface area contributed by atoms with Crippen LogP contribution in [0.2, 0.25) is 0 Å². The summed E-state index contributed by atoms with van der Waals surface area (Å²) in [7, 11) is 1.83. The van der Waals surface area contributed by atoms with E-state index in [1.807, 2.05) is 11.9 Å². The van der Waals surface area contributed by atoms with E-state index >= 15 is 0 Å². The highest BCUT2D eigenvalue weighted by molar-refractivity contribution is 5.76. The van der Waals surface area contributed by atoms with Crippen LogP contribution in [0.4, 0.5) is 4.79 Å². The van der Waals surface area contributed by atoms with Gasteiger partial charge in [-0.3, -0.25) is 0 Å². The van der Waals surface area contributed by atoms with Crippen molar-refractivity contribution in [3.05, 3.63) is 12.2 Å². The largest absolute Gasteiger partial charge is 0.326 e. The molecule has 4 nitrogen and oxygen atoms in total. The van der Waals surface area contributed by atoms with Crippen molar-refractivity contribution in [1.29, 1.82) is 0 Å². The lowest BCUT2D eigenvalue weighted by molar-refractivity contribution is 0.201. The molecule has 2 amide bonds. The zero-order chi connectivity index (χ0) is 11.4. The lowest BCUT2D eigenvalue weighted by Gasteiger charge is -2.18. The van der Waals surface area contributed by atoms with Gasteiger partial charge in [0.05, 0.1) is 0 Å². The van der Waals surface area contributed by atoms with E-state index in [-0.39, 0.29) is 6.03 Å². The molecule has 1 rings (SSSR count). The minimum atomic E-state index is 0.112. The third-order valence-corrected chi connectivity index (χ3v) is 2.48. The second-order valence-corrected chi connectivity index (χ2v) is 4.41. The van der Waals surface area contributed by atoms with Crippen LogP contribution in [0.3, 0.4) is 0 Å². The molecular weight excluding hydrogens is 190 g/mol. The van der Waals surface area contributed by atoms with E-state index in [1.165, 1.54) is 0 Å². The Labute approximate surface area is 91.9 Å². The van der Waals surface area contributed by atoms with Crippen molar-refractivity contribution < 1.29 is 4.79 Å². The number of nitrogens with zero attached hydrogens (tertiary/aromatic N) is 2. The highest BCUT2D eigenvalue weighted by Crippen LogP contribution is 2.07. The van der Waals surface area contributed by atoms with E-state index in [0.29, 0.717) is 12.6 Å². The van der Waals surface area contributed by atoms with Crippen molar-refractivity contribution in [2.75, 3.05) is 33.2 Å². The van der Waals surface area contributed by atoms with Crippen molar-refractivity contribution >= 4 is 6.03 Å². The number of amides is 2. The van der Waals surface area contributed by atoms with Gasteiger partial charge in [0.1, 0.15) is 0 Å². The van der Waals surface area contributed by atoms with Gasteiger partial charge in [-0.2, -0.15) is 0 Å². The van der Waals surface area contributed by atoms with Crippen LogP contribution in [0, 0.1) is 0 Å². The van der Waals surface area contributed by atoms with Crippen molar-refractivity contribution in [2.45, 2.75) is 19.9 Å². The summed E-state index contributed by atoms with van der Waals surface area (Å²) in [4.78, 5) is 15.1. The van der Waals surface area contributed by atoms with Gasteiger partial charge < -0.3 is 15.1 Å². The molecule has 4 heteroatoms. The molecule has 0 unspecified atom stereocenters. The third-order valence-electron chi connectivity index (χ3n) is 2.48. The molecule has 1 saturated heterocycles. The van der Waals surface area contributed by atoms with Crippen LogP contribution in [0.5, 0.6) is 0 Å². The summed E-state index contributed by atoms with van der Waals surface area (Å²) in [6.45, 7) is 11.3. The van der Waals surface area contributed by atoms with Gasteiger partial charge in [0.2, 0.25) is 0 Å². The minimum Gasteiger partial charge on any atom is -0.326 e. The maximum Gasteiger partial charge on any atom is 0.320 e. The highest BCUT2D eigenvalue weighted by atomic mass is 16.2. The van der Waals surface area contributed by atoms with Gasteiger partial charge >= 0.3 is 6.03 Å².